The van der Waals surface area contributed by atoms with Crippen molar-refractivity contribution in [1.82, 2.24) is 0 Å². The van der Waals surface area contributed by atoms with Gasteiger partial charge in [0, 0.05) is 11.3 Å². The van der Waals surface area contributed by atoms with E-state index in [0.29, 0.717) is 17.0 Å². The lowest BCUT2D eigenvalue weighted by Gasteiger charge is -2.14. The largest absolute Gasteiger partial charge is 0.508 e. The molecule has 2 aromatic rings. The molecule has 1 unspecified atom stereocenters. The Bertz CT molecular complexity index is 620. The van der Waals surface area contributed by atoms with E-state index in [1.165, 1.54) is 12.1 Å². The van der Waals surface area contributed by atoms with Gasteiger partial charge in [-0.1, -0.05) is 0 Å². The van der Waals surface area contributed by atoms with Crippen LogP contribution in [-0.2, 0) is 4.79 Å². The third kappa shape index (κ3) is 4.07. The number of phenols is 1. The van der Waals surface area contributed by atoms with Crippen molar-refractivity contribution in [3.63, 3.8) is 0 Å². The predicted molar refractivity (Wildman–Crippen MR) is 78.7 cm³/mol. The van der Waals surface area contributed by atoms with Gasteiger partial charge in [-0.05, 0) is 55.5 Å². The number of amides is 1. The Morgan fingerprint density at radius 3 is 2.33 bits per heavy atom. The maximum Gasteiger partial charge on any atom is 0.265 e. The van der Waals surface area contributed by atoms with Crippen LogP contribution in [0.1, 0.15) is 17.3 Å². The number of aldehydes is 1. The molecule has 1 atom stereocenters. The highest BCUT2D eigenvalue weighted by molar-refractivity contribution is 5.94. The van der Waals surface area contributed by atoms with Crippen LogP contribution in [0.2, 0.25) is 0 Å². The molecule has 5 heteroatoms. The van der Waals surface area contributed by atoms with Crippen molar-refractivity contribution in [3.8, 4) is 11.5 Å². The van der Waals surface area contributed by atoms with E-state index in [1.807, 2.05) is 0 Å². The van der Waals surface area contributed by atoms with Gasteiger partial charge >= 0.3 is 0 Å². The van der Waals surface area contributed by atoms with Gasteiger partial charge in [0.2, 0.25) is 0 Å². The normalized spacial score (nSPS) is 11.5. The monoisotopic (exact) mass is 285 g/mol. The Balaban J connectivity index is 1.95. The van der Waals surface area contributed by atoms with Crippen LogP contribution in [0.5, 0.6) is 11.5 Å². The van der Waals surface area contributed by atoms with Gasteiger partial charge < -0.3 is 15.2 Å². The number of carbonyl (C=O) groups excluding carboxylic acids is 2. The molecule has 108 valence electrons. The summed E-state index contributed by atoms with van der Waals surface area (Å²) < 4.78 is 5.49. The molecular formula is C16H15NO4. The van der Waals surface area contributed by atoms with E-state index in [-0.39, 0.29) is 11.7 Å². The van der Waals surface area contributed by atoms with E-state index in [4.69, 9.17) is 4.74 Å². The molecule has 0 saturated carbocycles. The summed E-state index contributed by atoms with van der Waals surface area (Å²) in [5.41, 5.74) is 1.12. The average Bonchev–Trinajstić information content (AvgIpc) is 2.50. The molecular weight excluding hydrogens is 270 g/mol. The molecule has 0 heterocycles. The molecule has 0 aliphatic carbocycles. The smallest absolute Gasteiger partial charge is 0.265 e. The predicted octanol–water partition coefficient (Wildman–Crippen LogP) is 2.61. The molecule has 1 amide bonds. The number of hydrogen-bond donors (Lipinski definition) is 2. The van der Waals surface area contributed by atoms with Crippen molar-refractivity contribution in [2.24, 2.45) is 0 Å². The molecule has 2 N–H and O–H groups in total. The van der Waals surface area contributed by atoms with E-state index in [1.54, 1.807) is 43.3 Å². The summed E-state index contributed by atoms with van der Waals surface area (Å²) in [6, 6.07) is 12.7. The number of phenolic OH excluding ortho intramolecular Hbond substituents is 1. The first-order chi connectivity index (χ1) is 10.1. The van der Waals surface area contributed by atoms with Gasteiger partial charge in [-0.25, -0.2) is 0 Å². The summed E-state index contributed by atoms with van der Waals surface area (Å²) in [5.74, 6) is 0.335. The Labute approximate surface area is 122 Å². The van der Waals surface area contributed by atoms with Crippen LogP contribution in [0.4, 0.5) is 5.69 Å². The number of rotatable bonds is 5. The summed E-state index contributed by atoms with van der Waals surface area (Å²) in [4.78, 5) is 22.5. The third-order valence-corrected chi connectivity index (χ3v) is 2.83. The Kier molecular flexibility index (Phi) is 4.56. The highest BCUT2D eigenvalue weighted by Crippen LogP contribution is 2.16. The van der Waals surface area contributed by atoms with Gasteiger partial charge in [0.15, 0.2) is 6.10 Å². The number of carbonyl (C=O) groups is 2. The van der Waals surface area contributed by atoms with Crippen LogP contribution < -0.4 is 10.1 Å². The zero-order chi connectivity index (χ0) is 15.2. The molecule has 21 heavy (non-hydrogen) atoms. The highest BCUT2D eigenvalue weighted by Gasteiger charge is 2.14. The molecule has 0 saturated heterocycles. The van der Waals surface area contributed by atoms with Gasteiger partial charge in [0.1, 0.15) is 17.8 Å². The minimum atomic E-state index is -0.694. The van der Waals surface area contributed by atoms with Crippen molar-refractivity contribution in [1.29, 1.82) is 0 Å². The number of nitrogens with one attached hydrogen (secondary N) is 1. The van der Waals surface area contributed by atoms with Crippen LogP contribution in [-0.4, -0.2) is 23.4 Å². The minimum absolute atomic E-state index is 0.132. The molecule has 0 aliphatic rings. The molecule has 0 spiro atoms. The second-order valence-corrected chi connectivity index (χ2v) is 4.48. The topological polar surface area (TPSA) is 75.6 Å². The quantitative estimate of drug-likeness (QED) is 0.654. The lowest BCUT2D eigenvalue weighted by atomic mass is 10.2. The lowest BCUT2D eigenvalue weighted by molar-refractivity contribution is -0.122. The van der Waals surface area contributed by atoms with Crippen LogP contribution in [0.3, 0.4) is 0 Å². The van der Waals surface area contributed by atoms with Gasteiger partial charge in [-0.3, -0.25) is 9.59 Å². The van der Waals surface area contributed by atoms with Crippen LogP contribution >= 0.6 is 0 Å². The van der Waals surface area contributed by atoms with Crippen LogP contribution in [0, 0.1) is 0 Å². The highest BCUT2D eigenvalue weighted by atomic mass is 16.5. The number of hydrogen-bond acceptors (Lipinski definition) is 4. The molecule has 0 aromatic heterocycles. The van der Waals surface area contributed by atoms with E-state index < -0.39 is 6.10 Å². The zero-order valence-electron chi connectivity index (χ0n) is 11.4. The first-order valence-electron chi connectivity index (χ1n) is 6.40. The number of anilines is 1. The lowest BCUT2D eigenvalue weighted by Crippen LogP contribution is -2.30. The third-order valence-electron chi connectivity index (χ3n) is 2.83. The second-order valence-electron chi connectivity index (χ2n) is 4.48. The van der Waals surface area contributed by atoms with E-state index >= 15 is 0 Å². The fourth-order valence-corrected chi connectivity index (χ4v) is 1.67. The maximum absolute atomic E-state index is 12.0. The molecule has 5 nitrogen and oxygen atoms in total. The number of ether oxygens (including phenoxy) is 1. The van der Waals surface area contributed by atoms with Gasteiger partial charge in [-0.15, -0.1) is 0 Å². The Hall–Kier alpha value is -2.82. The van der Waals surface area contributed by atoms with Gasteiger partial charge in [-0.2, -0.15) is 0 Å². The Morgan fingerprint density at radius 1 is 1.14 bits per heavy atom. The van der Waals surface area contributed by atoms with E-state index in [2.05, 4.69) is 5.32 Å². The van der Waals surface area contributed by atoms with Crippen molar-refractivity contribution in [2.45, 2.75) is 13.0 Å². The molecule has 2 rings (SSSR count). The second kappa shape index (κ2) is 6.56. The zero-order valence-corrected chi connectivity index (χ0v) is 11.4. The number of benzene rings is 2. The fraction of sp³-hybridized carbons (Fsp3) is 0.125. The van der Waals surface area contributed by atoms with Crippen molar-refractivity contribution in [3.05, 3.63) is 54.1 Å². The van der Waals surface area contributed by atoms with Crippen LogP contribution in [0.15, 0.2) is 48.5 Å². The number of aromatic hydroxyl groups is 1. The van der Waals surface area contributed by atoms with Crippen molar-refractivity contribution in [2.75, 3.05) is 5.32 Å². The molecule has 0 radical (unpaired) electrons. The van der Waals surface area contributed by atoms with Crippen molar-refractivity contribution >= 4 is 17.9 Å². The first-order valence-corrected chi connectivity index (χ1v) is 6.40. The van der Waals surface area contributed by atoms with Crippen molar-refractivity contribution < 1.29 is 19.4 Å². The van der Waals surface area contributed by atoms with E-state index in [0.717, 1.165) is 6.29 Å². The molecule has 0 fully saturated rings. The van der Waals surface area contributed by atoms with E-state index in [9.17, 15) is 14.7 Å². The fourth-order valence-electron chi connectivity index (χ4n) is 1.67. The summed E-state index contributed by atoms with van der Waals surface area (Å²) >= 11 is 0. The van der Waals surface area contributed by atoms with Crippen LogP contribution in [0.25, 0.3) is 0 Å². The Morgan fingerprint density at radius 2 is 1.76 bits per heavy atom. The summed E-state index contributed by atoms with van der Waals surface area (Å²) in [6.07, 6.45) is 0.0472. The molecule has 2 aromatic carbocycles. The summed E-state index contributed by atoms with van der Waals surface area (Å²) in [5, 5.41) is 11.9. The standard InChI is InChI=1S/C16H15NO4/c1-11(21-15-8-2-12(10-18)3-9-15)16(20)17-13-4-6-14(19)7-5-13/h2-11,19H,1H3,(H,17,20). The maximum atomic E-state index is 12.0. The summed E-state index contributed by atoms with van der Waals surface area (Å²) in [6.45, 7) is 1.63. The average molecular weight is 285 g/mol. The molecule has 0 bridgehead atoms. The first kappa shape index (κ1) is 14.6. The van der Waals surface area contributed by atoms with Gasteiger partial charge in [0.05, 0.1) is 0 Å². The SMILES string of the molecule is CC(Oc1ccc(C=O)cc1)C(=O)Nc1ccc(O)cc1. The van der Waals surface area contributed by atoms with Gasteiger partial charge in [0.25, 0.3) is 5.91 Å². The molecule has 0 aliphatic heterocycles. The minimum Gasteiger partial charge on any atom is -0.508 e. The summed E-state index contributed by atoms with van der Waals surface area (Å²) in [7, 11) is 0.